The van der Waals surface area contributed by atoms with E-state index in [1.807, 2.05) is 25.1 Å². The fraction of sp³-hybridized carbons (Fsp3) is 0.562. The summed E-state index contributed by atoms with van der Waals surface area (Å²) in [6.07, 6.45) is 2.24. The van der Waals surface area contributed by atoms with Gasteiger partial charge in [-0.3, -0.25) is 9.69 Å². The van der Waals surface area contributed by atoms with Gasteiger partial charge >= 0.3 is 0 Å². The molecule has 1 fully saturated rings. The highest BCUT2D eigenvalue weighted by Gasteiger charge is 2.18. The smallest absolute Gasteiger partial charge is 0.159 e. The minimum Gasteiger partial charge on any atom is -0.494 e. The molecular weight excluding hydrogens is 288 g/mol. The van der Waals surface area contributed by atoms with Gasteiger partial charge in [-0.1, -0.05) is 0 Å². The second-order valence-electron chi connectivity index (χ2n) is 5.45. The molecule has 1 aliphatic heterocycles. The molecule has 0 amide bonds. The first-order valence-corrected chi connectivity index (χ1v) is 7.34. The number of nitrogens with two attached hydrogens (primary N) is 1. The van der Waals surface area contributed by atoms with Crippen LogP contribution in [0.5, 0.6) is 5.75 Å². The van der Waals surface area contributed by atoms with Crippen LogP contribution in [0.2, 0.25) is 0 Å². The third-order valence-corrected chi connectivity index (χ3v) is 3.70. The quantitative estimate of drug-likeness (QED) is 0.849. The summed E-state index contributed by atoms with van der Waals surface area (Å²) in [7, 11) is 0. The highest BCUT2D eigenvalue weighted by Crippen LogP contribution is 2.23. The van der Waals surface area contributed by atoms with Gasteiger partial charge in [0.2, 0.25) is 0 Å². The lowest BCUT2D eigenvalue weighted by atomic mass is 10.0. The summed E-state index contributed by atoms with van der Waals surface area (Å²) in [5, 5.41) is 0. The van der Waals surface area contributed by atoms with Gasteiger partial charge in [-0.25, -0.2) is 0 Å². The standard InChI is InChI=1S/C16H24N2O2.ClH/c1-3-20-16-7-6-13(12(2)19)9-14(16)10-18-8-4-5-15(17)11-18;/h6-7,9,15H,3-5,8,10-11,17H2,1-2H3;1H. The third-order valence-electron chi connectivity index (χ3n) is 3.70. The Bertz CT molecular complexity index is 479. The molecule has 21 heavy (non-hydrogen) atoms. The largest absolute Gasteiger partial charge is 0.494 e. The Hall–Kier alpha value is -1.10. The zero-order chi connectivity index (χ0) is 14.5. The molecular formula is C16H25ClN2O2. The van der Waals surface area contributed by atoms with Crippen molar-refractivity contribution in [2.45, 2.75) is 39.3 Å². The molecule has 0 saturated carbocycles. The second-order valence-corrected chi connectivity index (χ2v) is 5.45. The van der Waals surface area contributed by atoms with E-state index < -0.39 is 0 Å². The van der Waals surface area contributed by atoms with E-state index in [9.17, 15) is 4.79 Å². The zero-order valence-corrected chi connectivity index (χ0v) is 13.6. The number of benzene rings is 1. The van der Waals surface area contributed by atoms with Gasteiger partial charge in [-0.2, -0.15) is 0 Å². The number of nitrogens with zero attached hydrogens (tertiary/aromatic N) is 1. The SMILES string of the molecule is CCOc1ccc(C(C)=O)cc1CN1CCCC(N)C1.Cl. The molecule has 1 atom stereocenters. The number of ether oxygens (including phenoxy) is 1. The van der Waals surface area contributed by atoms with Crippen LogP contribution >= 0.6 is 12.4 Å². The van der Waals surface area contributed by atoms with Crippen molar-refractivity contribution in [3.8, 4) is 5.75 Å². The summed E-state index contributed by atoms with van der Waals surface area (Å²) in [6, 6.07) is 5.95. The third kappa shape index (κ3) is 4.99. The molecule has 1 aliphatic rings. The summed E-state index contributed by atoms with van der Waals surface area (Å²) in [5.41, 5.74) is 7.84. The average Bonchev–Trinajstić information content (AvgIpc) is 2.41. The van der Waals surface area contributed by atoms with E-state index in [4.69, 9.17) is 10.5 Å². The second kappa shape index (κ2) is 8.37. The Morgan fingerprint density at radius 1 is 1.48 bits per heavy atom. The highest BCUT2D eigenvalue weighted by molar-refractivity contribution is 5.94. The Labute approximate surface area is 133 Å². The van der Waals surface area contributed by atoms with Gasteiger partial charge in [-0.15, -0.1) is 12.4 Å². The van der Waals surface area contributed by atoms with Crippen LogP contribution < -0.4 is 10.5 Å². The summed E-state index contributed by atoms with van der Waals surface area (Å²) in [5.74, 6) is 0.960. The summed E-state index contributed by atoms with van der Waals surface area (Å²) < 4.78 is 5.67. The van der Waals surface area contributed by atoms with Crippen molar-refractivity contribution in [2.24, 2.45) is 5.73 Å². The topological polar surface area (TPSA) is 55.6 Å². The van der Waals surface area contributed by atoms with Crippen molar-refractivity contribution >= 4 is 18.2 Å². The van der Waals surface area contributed by atoms with Crippen molar-refractivity contribution < 1.29 is 9.53 Å². The van der Waals surface area contributed by atoms with Gasteiger partial charge in [0, 0.05) is 30.3 Å². The molecule has 0 radical (unpaired) electrons. The molecule has 0 bridgehead atoms. The molecule has 1 aromatic rings. The molecule has 0 aliphatic carbocycles. The first-order valence-electron chi connectivity index (χ1n) is 7.34. The number of hydrogen-bond acceptors (Lipinski definition) is 4. The molecule has 0 spiro atoms. The Morgan fingerprint density at radius 2 is 2.24 bits per heavy atom. The molecule has 0 aromatic heterocycles. The molecule has 118 valence electrons. The Kier molecular flexibility index (Phi) is 7.15. The van der Waals surface area contributed by atoms with Crippen molar-refractivity contribution in [1.29, 1.82) is 0 Å². The number of halogens is 1. The summed E-state index contributed by atoms with van der Waals surface area (Å²) in [4.78, 5) is 13.9. The molecule has 1 unspecified atom stereocenters. The lowest BCUT2D eigenvalue weighted by molar-refractivity contribution is 0.101. The van der Waals surface area contributed by atoms with Crippen LogP contribution in [0.25, 0.3) is 0 Å². The number of hydrogen-bond donors (Lipinski definition) is 1. The van der Waals surface area contributed by atoms with E-state index in [1.54, 1.807) is 6.92 Å². The summed E-state index contributed by atoms with van der Waals surface area (Å²) >= 11 is 0. The minimum absolute atomic E-state index is 0. The normalized spacial score (nSPS) is 18.9. The first kappa shape index (κ1) is 18.0. The molecule has 1 aromatic carbocycles. The number of ketones is 1. The number of piperidine rings is 1. The van der Waals surface area contributed by atoms with Crippen molar-refractivity contribution in [3.63, 3.8) is 0 Å². The molecule has 1 saturated heterocycles. The number of rotatable bonds is 5. The predicted octanol–water partition coefficient (Wildman–Crippen LogP) is 2.63. The maximum Gasteiger partial charge on any atom is 0.159 e. The van der Waals surface area contributed by atoms with Gasteiger partial charge in [0.25, 0.3) is 0 Å². The molecule has 5 heteroatoms. The Balaban J connectivity index is 0.00000220. The van der Waals surface area contributed by atoms with Crippen LogP contribution in [0.1, 0.15) is 42.6 Å². The van der Waals surface area contributed by atoms with E-state index in [1.165, 1.54) is 0 Å². The van der Waals surface area contributed by atoms with E-state index >= 15 is 0 Å². The van der Waals surface area contributed by atoms with E-state index in [2.05, 4.69) is 4.90 Å². The Morgan fingerprint density at radius 3 is 2.86 bits per heavy atom. The fourth-order valence-corrected chi connectivity index (χ4v) is 2.69. The van der Waals surface area contributed by atoms with Gasteiger partial charge in [-0.05, 0) is 51.4 Å². The molecule has 2 rings (SSSR count). The van der Waals surface area contributed by atoms with Crippen molar-refractivity contribution in [2.75, 3.05) is 19.7 Å². The molecule has 1 heterocycles. The lowest BCUT2D eigenvalue weighted by Gasteiger charge is -2.31. The maximum absolute atomic E-state index is 11.5. The molecule has 4 nitrogen and oxygen atoms in total. The monoisotopic (exact) mass is 312 g/mol. The number of Topliss-reactive ketones (excluding diaryl/α,β-unsaturated/α-hetero) is 1. The molecule has 2 N–H and O–H groups in total. The number of likely N-dealkylation sites (tertiary alicyclic amines) is 1. The van der Waals surface area contributed by atoms with E-state index in [-0.39, 0.29) is 24.2 Å². The van der Waals surface area contributed by atoms with Crippen LogP contribution in [0, 0.1) is 0 Å². The van der Waals surface area contributed by atoms with Crippen molar-refractivity contribution in [1.82, 2.24) is 4.90 Å². The van der Waals surface area contributed by atoms with Crippen LogP contribution in [-0.4, -0.2) is 36.4 Å². The van der Waals surface area contributed by atoms with Crippen LogP contribution in [-0.2, 0) is 6.54 Å². The minimum atomic E-state index is 0. The van der Waals surface area contributed by atoms with Crippen LogP contribution in [0.4, 0.5) is 0 Å². The summed E-state index contributed by atoms with van der Waals surface area (Å²) in [6.45, 7) is 6.96. The van der Waals surface area contributed by atoms with E-state index in [0.29, 0.717) is 6.61 Å². The van der Waals surface area contributed by atoms with Crippen molar-refractivity contribution in [3.05, 3.63) is 29.3 Å². The van der Waals surface area contributed by atoms with Crippen LogP contribution in [0.15, 0.2) is 18.2 Å². The predicted molar refractivity (Wildman–Crippen MR) is 87.3 cm³/mol. The maximum atomic E-state index is 11.5. The fourth-order valence-electron chi connectivity index (χ4n) is 2.69. The van der Waals surface area contributed by atoms with Gasteiger partial charge in [0.1, 0.15) is 5.75 Å². The van der Waals surface area contributed by atoms with Gasteiger partial charge in [0.05, 0.1) is 6.61 Å². The average molecular weight is 313 g/mol. The number of carbonyl (C=O) groups excluding carboxylic acids is 1. The zero-order valence-electron chi connectivity index (χ0n) is 12.8. The number of carbonyl (C=O) groups is 1. The highest BCUT2D eigenvalue weighted by atomic mass is 35.5. The first-order chi connectivity index (χ1) is 9.60. The van der Waals surface area contributed by atoms with Gasteiger partial charge in [0.15, 0.2) is 5.78 Å². The van der Waals surface area contributed by atoms with Gasteiger partial charge < -0.3 is 10.5 Å². The van der Waals surface area contributed by atoms with E-state index in [0.717, 1.165) is 49.4 Å². The van der Waals surface area contributed by atoms with Crippen LogP contribution in [0.3, 0.4) is 0 Å². The lowest BCUT2D eigenvalue weighted by Crippen LogP contribution is -2.42.